The number of anilines is 5. The van der Waals surface area contributed by atoms with Crippen molar-refractivity contribution < 1.29 is 0 Å². The lowest BCUT2D eigenvalue weighted by Crippen LogP contribution is -2.14. The molecular weight excluding hydrogens is 749 g/mol. The first-order valence-electron chi connectivity index (χ1n) is 21.3. The van der Waals surface area contributed by atoms with Crippen LogP contribution in [-0.2, 0) is 0 Å². The minimum absolute atomic E-state index is 1.10. The van der Waals surface area contributed by atoms with Crippen LogP contribution in [0.15, 0.2) is 261 Å². The van der Waals surface area contributed by atoms with E-state index < -0.39 is 0 Å². The largest absolute Gasteiger partial charge is 0.315 e. The molecule has 0 atom stereocenters. The summed E-state index contributed by atoms with van der Waals surface area (Å²) in [7, 11) is 0. The fourth-order valence-corrected chi connectivity index (χ4v) is 8.03. The lowest BCUT2D eigenvalue weighted by molar-refractivity contribution is 1.16. The maximum absolute atomic E-state index is 2.33. The van der Waals surface area contributed by atoms with Gasteiger partial charge in [-0.25, -0.2) is 0 Å². The van der Waals surface area contributed by atoms with Crippen LogP contribution in [0.4, 0.5) is 28.4 Å². The highest BCUT2D eigenvalue weighted by atomic mass is 15.1. The van der Waals surface area contributed by atoms with E-state index in [-0.39, 0.29) is 0 Å². The molecule has 0 heterocycles. The van der Waals surface area contributed by atoms with Crippen LogP contribution in [0.25, 0.3) is 50.1 Å². The van der Waals surface area contributed by atoms with Gasteiger partial charge in [-0.05, 0) is 136 Å². The van der Waals surface area contributed by atoms with Crippen LogP contribution in [-0.4, -0.2) is 0 Å². The van der Waals surface area contributed by atoms with Gasteiger partial charge in [0.25, 0.3) is 0 Å². The van der Waals surface area contributed by atoms with Crippen LogP contribution in [0.1, 0.15) is 19.4 Å². The highest BCUT2D eigenvalue weighted by molar-refractivity contribution is 5.81. The minimum atomic E-state index is 1.10. The van der Waals surface area contributed by atoms with Gasteiger partial charge in [-0.2, -0.15) is 0 Å². The van der Waals surface area contributed by atoms with Gasteiger partial charge in [0.1, 0.15) is 0 Å². The van der Waals surface area contributed by atoms with Gasteiger partial charge in [-0.3, -0.25) is 0 Å². The first kappa shape index (κ1) is 39.5. The van der Waals surface area contributed by atoms with Crippen LogP contribution < -0.4 is 9.80 Å². The summed E-state index contributed by atoms with van der Waals surface area (Å²) in [4.78, 5) is 4.65. The molecule has 0 saturated heterocycles. The van der Waals surface area contributed by atoms with Crippen molar-refractivity contribution in [2.45, 2.75) is 13.8 Å². The normalized spacial score (nSPS) is 11.6. The minimum Gasteiger partial charge on any atom is -0.315 e. The molecule has 9 aromatic carbocycles. The van der Waals surface area contributed by atoms with Gasteiger partial charge < -0.3 is 9.80 Å². The van der Waals surface area contributed by atoms with Crippen molar-refractivity contribution in [2.24, 2.45) is 0 Å². The zero-order valence-corrected chi connectivity index (χ0v) is 35.1. The molecule has 9 rings (SSSR count). The van der Waals surface area contributed by atoms with E-state index in [1.807, 2.05) is 0 Å². The van der Waals surface area contributed by atoms with Gasteiger partial charge in [0.15, 0.2) is 0 Å². The predicted molar refractivity (Wildman–Crippen MR) is 265 cm³/mol. The summed E-state index contributed by atoms with van der Waals surface area (Å²) in [6.07, 6.45) is 4.43. The van der Waals surface area contributed by atoms with Gasteiger partial charge >= 0.3 is 0 Å². The number of hydrogen-bond acceptors (Lipinski definition) is 2. The average molecular weight is 797 g/mol. The lowest BCUT2D eigenvalue weighted by atomic mass is 10.00. The van der Waals surface area contributed by atoms with Crippen LogP contribution in [0.3, 0.4) is 0 Å². The molecule has 0 aliphatic carbocycles. The number of rotatable bonds is 12. The number of nitrogens with zero attached hydrogens (tertiary/aromatic N) is 2. The van der Waals surface area contributed by atoms with Gasteiger partial charge in [0.05, 0.1) is 0 Å². The molecule has 0 unspecified atom stereocenters. The molecule has 0 aliphatic heterocycles. The quantitative estimate of drug-likeness (QED) is 0.114. The molecular formula is C60H48N2. The molecule has 0 fully saturated rings. The SMILES string of the molecule is C/C(=C\C=C(/C)N(c1ccc(-c2ccccc2)cc1)c1ccc(-c2ccc(N(c3ccccc3)c3ccc(-c4ccc(-c5ccccc5)cc4)cc3)cc2)cc1)c1ccccc1. The van der Waals surface area contributed by atoms with E-state index in [9.17, 15) is 0 Å². The molecule has 0 N–H and O–H groups in total. The second-order valence-corrected chi connectivity index (χ2v) is 15.5. The Morgan fingerprint density at radius 2 is 0.548 bits per heavy atom. The fraction of sp³-hybridized carbons (Fsp3) is 0.0333. The van der Waals surface area contributed by atoms with Crippen molar-refractivity contribution in [1.82, 2.24) is 0 Å². The maximum atomic E-state index is 2.33. The van der Waals surface area contributed by atoms with Crippen molar-refractivity contribution in [3.8, 4) is 44.5 Å². The summed E-state index contributed by atoms with van der Waals surface area (Å²) in [5, 5.41) is 0. The Labute approximate surface area is 366 Å². The zero-order valence-electron chi connectivity index (χ0n) is 35.1. The van der Waals surface area contributed by atoms with Gasteiger partial charge in [-0.15, -0.1) is 0 Å². The Bertz CT molecular complexity index is 2880. The maximum Gasteiger partial charge on any atom is 0.0462 e. The number of benzene rings is 9. The highest BCUT2D eigenvalue weighted by Crippen LogP contribution is 2.38. The van der Waals surface area contributed by atoms with E-state index in [0.717, 1.165) is 45.3 Å². The van der Waals surface area contributed by atoms with Crippen molar-refractivity contribution in [3.05, 3.63) is 266 Å². The molecule has 0 saturated carbocycles. The topological polar surface area (TPSA) is 6.48 Å². The summed E-state index contributed by atoms with van der Waals surface area (Å²) >= 11 is 0. The summed E-state index contributed by atoms with van der Waals surface area (Å²) in [5.41, 5.74) is 18.6. The number of allylic oxidation sites excluding steroid dienone is 4. The zero-order chi connectivity index (χ0) is 42.1. The third-order valence-corrected chi connectivity index (χ3v) is 11.4. The van der Waals surface area contributed by atoms with Crippen LogP contribution in [0, 0.1) is 0 Å². The first-order chi connectivity index (χ1) is 30.6. The lowest BCUT2D eigenvalue weighted by Gasteiger charge is -2.27. The smallest absolute Gasteiger partial charge is 0.0462 e. The predicted octanol–water partition coefficient (Wildman–Crippen LogP) is 17.0. The van der Waals surface area contributed by atoms with E-state index in [1.165, 1.54) is 44.5 Å². The third-order valence-electron chi connectivity index (χ3n) is 11.4. The summed E-state index contributed by atoms with van der Waals surface area (Å²) in [5.74, 6) is 0. The fourth-order valence-electron chi connectivity index (χ4n) is 8.03. The van der Waals surface area contributed by atoms with E-state index in [2.05, 4.69) is 278 Å². The number of para-hydroxylation sites is 1. The second kappa shape index (κ2) is 18.5. The molecule has 0 amide bonds. The van der Waals surface area contributed by atoms with E-state index in [1.54, 1.807) is 0 Å². The molecule has 0 aliphatic rings. The Morgan fingerprint density at radius 3 is 0.919 bits per heavy atom. The molecule has 2 nitrogen and oxygen atoms in total. The van der Waals surface area contributed by atoms with Crippen molar-refractivity contribution in [1.29, 1.82) is 0 Å². The molecule has 2 heteroatoms. The Kier molecular flexibility index (Phi) is 11.8. The van der Waals surface area contributed by atoms with Crippen molar-refractivity contribution >= 4 is 34.0 Å². The van der Waals surface area contributed by atoms with Crippen LogP contribution in [0.5, 0.6) is 0 Å². The molecule has 0 spiro atoms. The van der Waals surface area contributed by atoms with Gasteiger partial charge in [0.2, 0.25) is 0 Å². The molecule has 298 valence electrons. The Morgan fingerprint density at radius 1 is 0.274 bits per heavy atom. The van der Waals surface area contributed by atoms with E-state index in [4.69, 9.17) is 0 Å². The molecule has 9 aromatic rings. The molecule has 0 bridgehead atoms. The van der Waals surface area contributed by atoms with Crippen LogP contribution in [0.2, 0.25) is 0 Å². The number of hydrogen-bond donors (Lipinski definition) is 0. The summed E-state index contributed by atoms with van der Waals surface area (Å²) in [6.45, 7) is 4.35. The third kappa shape index (κ3) is 8.96. The van der Waals surface area contributed by atoms with E-state index >= 15 is 0 Å². The van der Waals surface area contributed by atoms with Crippen LogP contribution >= 0.6 is 0 Å². The summed E-state index contributed by atoms with van der Waals surface area (Å²) in [6, 6.07) is 86.6. The van der Waals surface area contributed by atoms with Crippen molar-refractivity contribution in [3.63, 3.8) is 0 Å². The van der Waals surface area contributed by atoms with Crippen molar-refractivity contribution in [2.75, 3.05) is 9.80 Å². The second-order valence-electron chi connectivity index (χ2n) is 15.5. The highest BCUT2D eigenvalue weighted by Gasteiger charge is 2.15. The molecule has 0 radical (unpaired) electrons. The molecule has 0 aromatic heterocycles. The van der Waals surface area contributed by atoms with Gasteiger partial charge in [-0.1, -0.05) is 188 Å². The molecule has 62 heavy (non-hydrogen) atoms. The summed E-state index contributed by atoms with van der Waals surface area (Å²) < 4.78 is 0. The van der Waals surface area contributed by atoms with E-state index in [0.29, 0.717) is 0 Å². The first-order valence-corrected chi connectivity index (χ1v) is 21.3. The van der Waals surface area contributed by atoms with Gasteiger partial charge in [0, 0.05) is 34.1 Å². The average Bonchev–Trinajstić information content (AvgIpc) is 3.35. The standard InChI is InChI=1S/C60H48N2/c1-45(47-15-7-3-8-16-47)23-24-46(2)61(57-37-29-52(30-38-57)49-19-11-5-12-20-49)58-39-31-54(32-40-58)55-35-43-60(44-36-55)62(56-21-13-6-14-22-56)59-41-33-53(34-42-59)51-27-25-50(26-28-51)48-17-9-4-10-18-48/h3-44H,1-2H3/b45-23+,46-24+. The Balaban J connectivity index is 0.980. The monoisotopic (exact) mass is 796 g/mol. The Hall–Kier alpha value is -7.94.